The summed E-state index contributed by atoms with van der Waals surface area (Å²) in [4.78, 5) is 12.0. The van der Waals surface area contributed by atoms with E-state index in [1.807, 2.05) is 6.08 Å². The smallest absolute Gasteiger partial charge is 0.228 e. The molecular weight excluding hydrogens is 180 g/mol. The number of ether oxygens (including phenoxy) is 2. The van der Waals surface area contributed by atoms with Crippen molar-refractivity contribution in [3.63, 3.8) is 0 Å². The van der Waals surface area contributed by atoms with E-state index in [0.29, 0.717) is 12.4 Å². The maximum absolute atomic E-state index is 12.0. The van der Waals surface area contributed by atoms with Gasteiger partial charge in [0, 0.05) is 7.11 Å². The first-order chi connectivity index (χ1) is 6.78. The first kappa shape index (κ1) is 9.71. The molecule has 1 aliphatic carbocycles. The van der Waals surface area contributed by atoms with Crippen molar-refractivity contribution in [3.8, 4) is 0 Å². The first-order valence-corrected chi connectivity index (χ1v) is 5.21. The quantitative estimate of drug-likeness (QED) is 0.690. The van der Waals surface area contributed by atoms with E-state index >= 15 is 0 Å². The summed E-state index contributed by atoms with van der Waals surface area (Å²) in [5.41, 5.74) is -0.552. The number of ketones is 1. The lowest BCUT2D eigenvalue weighted by molar-refractivity contribution is -0.151. The predicted molar refractivity (Wildman–Crippen MR) is 51.9 cm³/mol. The van der Waals surface area contributed by atoms with Crippen LogP contribution >= 0.6 is 0 Å². The monoisotopic (exact) mass is 196 g/mol. The van der Waals surface area contributed by atoms with Crippen LogP contribution in [0, 0.1) is 0 Å². The second kappa shape index (κ2) is 3.73. The van der Waals surface area contributed by atoms with Gasteiger partial charge in [-0.2, -0.15) is 0 Å². The van der Waals surface area contributed by atoms with E-state index in [-0.39, 0.29) is 5.78 Å². The number of carbonyl (C=O) groups excluding carboxylic acids is 1. The van der Waals surface area contributed by atoms with Crippen LogP contribution < -0.4 is 0 Å². The fourth-order valence-electron chi connectivity index (χ4n) is 1.96. The Balaban J connectivity index is 2.09. The molecule has 2 rings (SSSR count). The van der Waals surface area contributed by atoms with Gasteiger partial charge in [-0.3, -0.25) is 4.79 Å². The van der Waals surface area contributed by atoms with Crippen LogP contribution in [0.1, 0.15) is 32.1 Å². The second-order valence-electron chi connectivity index (χ2n) is 3.94. The fraction of sp³-hybridized carbons (Fsp3) is 0.727. The molecule has 1 heterocycles. The zero-order valence-corrected chi connectivity index (χ0v) is 8.54. The van der Waals surface area contributed by atoms with Crippen LogP contribution in [0.3, 0.4) is 0 Å². The first-order valence-electron chi connectivity index (χ1n) is 5.21. The number of carbonyl (C=O) groups is 1. The number of rotatable bonds is 3. The van der Waals surface area contributed by atoms with Crippen molar-refractivity contribution in [1.82, 2.24) is 0 Å². The van der Waals surface area contributed by atoms with Gasteiger partial charge in [0.25, 0.3) is 0 Å². The van der Waals surface area contributed by atoms with E-state index < -0.39 is 5.60 Å². The standard InChI is InChI=1S/C11H16O3/c1-13-11(6-4-7-11)10(12)9-5-2-3-8-14-9/h5H,2-4,6-8H2,1H3. The van der Waals surface area contributed by atoms with Crippen molar-refractivity contribution in [1.29, 1.82) is 0 Å². The van der Waals surface area contributed by atoms with Gasteiger partial charge in [-0.05, 0) is 38.2 Å². The lowest BCUT2D eigenvalue weighted by Gasteiger charge is -2.39. The third kappa shape index (κ3) is 1.46. The Morgan fingerprint density at radius 1 is 1.50 bits per heavy atom. The summed E-state index contributed by atoms with van der Waals surface area (Å²) >= 11 is 0. The molecule has 0 bridgehead atoms. The SMILES string of the molecule is COC1(C(=O)C2=CCCCO2)CCC1. The predicted octanol–water partition coefficient (Wildman–Crippen LogP) is 1.82. The van der Waals surface area contributed by atoms with Crippen LogP contribution in [-0.2, 0) is 14.3 Å². The molecule has 0 aromatic carbocycles. The highest BCUT2D eigenvalue weighted by molar-refractivity contribution is 6.01. The number of Topliss-reactive ketones (excluding diaryl/α,β-unsaturated/α-hetero) is 1. The summed E-state index contributed by atoms with van der Waals surface area (Å²) in [5, 5.41) is 0. The van der Waals surface area contributed by atoms with E-state index in [2.05, 4.69) is 0 Å². The Hall–Kier alpha value is -0.830. The highest BCUT2D eigenvalue weighted by atomic mass is 16.5. The van der Waals surface area contributed by atoms with Gasteiger partial charge in [0.2, 0.25) is 5.78 Å². The lowest BCUT2D eigenvalue weighted by Crippen LogP contribution is -2.48. The maximum atomic E-state index is 12.0. The van der Waals surface area contributed by atoms with Crippen molar-refractivity contribution in [2.75, 3.05) is 13.7 Å². The van der Waals surface area contributed by atoms with E-state index in [1.54, 1.807) is 7.11 Å². The third-order valence-corrected chi connectivity index (χ3v) is 3.13. The summed E-state index contributed by atoms with van der Waals surface area (Å²) < 4.78 is 10.7. The summed E-state index contributed by atoms with van der Waals surface area (Å²) in [6, 6.07) is 0. The second-order valence-corrected chi connectivity index (χ2v) is 3.94. The van der Waals surface area contributed by atoms with Gasteiger partial charge >= 0.3 is 0 Å². The molecule has 1 fully saturated rings. The molecule has 3 heteroatoms. The average Bonchev–Trinajstić information content (AvgIpc) is 2.18. The van der Waals surface area contributed by atoms with Gasteiger partial charge in [0.1, 0.15) is 5.60 Å². The van der Waals surface area contributed by atoms with Gasteiger partial charge in [0.15, 0.2) is 5.76 Å². The van der Waals surface area contributed by atoms with Crippen LogP contribution in [0.4, 0.5) is 0 Å². The normalized spacial score (nSPS) is 24.5. The summed E-state index contributed by atoms with van der Waals surface area (Å²) in [5.74, 6) is 0.573. The summed E-state index contributed by atoms with van der Waals surface area (Å²) in [6.07, 6.45) is 6.60. The zero-order chi connectivity index (χ0) is 10.0. The van der Waals surface area contributed by atoms with E-state index in [4.69, 9.17) is 9.47 Å². The molecule has 3 nitrogen and oxygen atoms in total. The van der Waals surface area contributed by atoms with Crippen molar-refractivity contribution in [2.45, 2.75) is 37.7 Å². The third-order valence-electron chi connectivity index (χ3n) is 3.13. The van der Waals surface area contributed by atoms with Gasteiger partial charge in [-0.15, -0.1) is 0 Å². The Labute approximate surface area is 84.1 Å². The minimum absolute atomic E-state index is 0.0472. The molecule has 14 heavy (non-hydrogen) atoms. The Kier molecular flexibility index (Phi) is 2.59. The van der Waals surface area contributed by atoms with Crippen molar-refractivity contribution < 1.29 is 14.3 Å². The minimum Gasteiger partial charge on any atom is -0.490 e. The molecule has 1 aliphatic heterocycles. The molecule has 0 radical (unpaired) electrons. The van der Waals surface area contributed by atoms with E-state index in [1.165, 1.54) is 0 Å². The Bertz CT molecular complexity index is 258. The van der Waals surface area contributed by atoms with Gasteiger partial charge in [0.05, 0.1) is 6.61 Å². The number of methoxy groups -OCH3 is 1. The highest BCUT2D eigenvalue weighted by Gasteiger charge is 2.46. The lowest BCUT2D eigenvalue weighted by atomic mass is 9.76. The fourth-order valence-corrected chi connectivity index (χ4v) is 1.96. The molecule has 1 saturated carbocycles. The summed E-state index contributed by atoms with van der Waals surface area (Å²) in [7, 11) is 1.61. The number of hydrogen-bond acceptors (Lipinski definition) is 3. The largest absolute Gasteiger partial charge is 0.490 e. The Morgan fingerprint density at radius 2 is 2.29 bits per heavy atom. The molecule has 0 spiro atoms. The number of hydrogen-bond donors (Lipinski definition) is 0. The molecule has 0 aromatic rings. The van der Waals surface area contributed by atoms with Crippen LogP contribution in [0.15, 0.2) is 11.8 Å². The van der Waals surface area contributed by atoms with Crippen molar-refractivity contribution >= 4 is 5.78 Å². The van der Waals surface area contributed by atoms with Gasteiger partial charge in [-0.1, -0.05) is 0 Å². The molecule has 0 amide bonds. The van der Waals surface area contributed by atoms with Crippen LogP contribution in [0.2, 0.25) is 0 Å². The topological polar surface area (TPSA) is 35.5 Å². The molecule has 0 unspecified atom stereocenters. The van der Waals surface area contributed by atoms with Crippen LogP contribution in [0.5, 0.6) is 0 Å². The Morgan fingerprint density at radius 3 is 2.71 bits per heavy atom. The molecule has 0 aromatic heterocycles. The zero-order valence-electron chi connectivity index (χ0n) is 8.54. The highest BCUT2D eigenvalue weighted by Crippen LogP contribution is 2.38. The van der Waals surface area contributed by atoms with E-state index in [0.717, 1.165) is 32.1 Å². The van der Waals surface area contributed by atoms with Crippen molar-refractivity contribution in [3.05, 3.63) is 11.8 Å². The minimum atomic E-state index is -0.552. The molecule has 0 saturated heterocycles. The molecular formula is C11H16O3. The molecule has 2 aliphatic rings. The number of allylic oxidation sites excluding steroid dienone is 1. The van der Waals surface area contributed by atoms with Crippen molar-refractivity contribution in [2.24, 2.45) is 0 Å². The molecule has 78 valence electrons. The van der Waals surface area contributed by atoms with E-state index in [9.17, 15) is 4.79 Å². The van der Waals surface area contributed by atoms with Gasteiger partial charge < -0.3 is 9.47 Å². The molecule has 0 atom stereocenters. The summed E-state index contributed by atoms with van der Waals surface area (Å²) in [6.45, 7) is 0.664. The van der Waals surface area contributed by atoms with Gasteiger partial charge in [-0.25, -0.2) is 0 Å². The molecule has 0 N–H and O–H groups in total. The average molecular weight is 196 g/mol. The maximum Gasteiger partial charge on any atom is 0.228 e. The van der Waals surface area contributed by atoms with Crippen LogP contribution in [0.25, 0.3) is 0 Å². The van der Waals surface area contributed by atoms with Crippen LogP contribution in [-0.4, -0.2) is 25.1 Å².